The summed E-state index contributed by atoms with van der Waals surface area (Å²) in [6.45, 7) is 2.59. The van der Waals surface area contributed by atoms with Crippen LogP contribution >= 0.6 is 11.8 Å². The van der Waals surface area contributed by atoms with Gasteiger partial charge in [-0.1, -0.05) is 60.3 Å². The van der Waals surface area contributed by atoms with Crippen molar-refractivity contribution in [3.8, 4) is 11.4 Å². The second-order valence-electron chi connectivity index (χ2n) is 6.77. The summed E-state index contributed by atoms with van der Waals surface area (Å²) in [4.78, 5) is 16.6. The SMILES string of the molecule is Cc1ccccc1NC(=O)CSc1nnc(-c2ccncc2)n1Cc1ccccc1. The Hall–Kier alpha value is -3.45. The zero-order valence-corrected chi connectivity index (χ0v) is 17.3. The molecule has 4 rings (SSSR count). The van der Waals surface area contributed by atoms with E-state index in [1.165, 1.54) is 11.8 Å². The van der Waals surface area contributed by atoms with Crippen LogP contribution in [-0.2, 0) is 11.3 Å². The molecule has 0 unspecified atom stereocenters. The molecule has 0 saturated carbocycles. The summed E-state index contributed by atoms with van der Waals surface area (Å²) in [6, 6.07) is 21.7. The number of rotatable bonds is 7. The van der Waals surface area contributed by atoms with Crippen LogP contribution in [0, 0.1) is 6.92 Å². The van der Waals surface area contributed by atoms with Crippen molar-refractivity contribution in [3.05, 3.63) is 90.3 Å². The lowest BCUT2D eigenvalue weighted by Gasteiger charge is -2.11. The molecule has 2 aromatic carbocycles. The Labute approximate surface area is 179 Å². The Morgan fingerprint density at radius 1 is 0.967 bits per heavy atom. The highest BCUT2D eigenvalue weighted by Gasteiger charge is 2.16. The molecule has 0 spiro atoms. The first-order valence-electron chi connectivity index (χ1n) is 9.56. The highest BCUT2D eigenvalue weighted by Crippen LogP contribution is 2.25. The number of aryl methyl sites for hydroxylation is 1. The number of benzene rings is 2. The normalized spacial score (nSPS) is 10.7. The molecule has 2 aromatic heterocycles. The first-order valence-corrected chi connectivity index (χ1v) is 10.5. The van der Waals surface area contributed by atoms with E-state index in [1.54, 1.807) is 12.4 Å². The second kappa shape index (κ2) is 9.37. The maximum atomic E-state index is 12.5. The third kappa shape index (κ3) is 4.75. The highest BCUT2D eigenvalue weighted by atomic mass is 32.2. The lowest BCUT2D eigenvalue weighted by Crippen LogP contribution is -2.15. The molecular formula is C23H21N5OS. The van der Waals surface area contributed by atoms with Crippen LogP contribution in [0.2, 0.25) is 0 Å². The predicted molar refractivity (Wildman–Crippen MR) is 119 cm³/mol. The van der Waals surface area contributed by atoms with Crippen LogP contribution in [0.25, 0.3) is 11.4 Å². The van der Waals surface area contributed by atoms with Gasteiger partial charge >= 0.3 is 0 Å². The van der Waals surface area contributed by atoms with Gasteiger partial charge < -0.3 is 5.32 Å². The summed E-state index contributed by atoms with van der Waals surface area (Å²) < 4.78 is 2.04. The maximum absolute atomic E-state index is 12.5. The Balaban J connectivity index is 1.54. The van der Waals surface area contributed by atoms with Crippen molar-refractivity contribution in [3.63, 3.8) is 0 Å². The van der Waals surface area contributed by atoms with Gasteiger partial charge in [0.15, 0.2) is 11.0 Å². The summed E-state index contributed by atoms with van der Waals surface area (Å²) in [7, 11) is 0. The zero-order chi connectivity index (χ0) is 20.8. The van der Waals surface area contributed by atoms with Crippen molar-refractivity contribution < 1.29 is 4.79 Å². The molecule has 0 aliphatic rings. The van der Waals surface area contributed by atoms with E-state index >= 15 is 0 Å². The van der Waals surface area contributed by atoms with Crippen LogP contribution in [-0.4, -0.2) is 31.4 Å². The van der Waals surface area contributed by atoms with E-state index < -0.39 is 0 Å². The summed E-state index contributed by atoms with van der Waals surface area (Å²) in [5, 5.41) is 12.4. The number of thioether (sulfide) groups is 1. The summed E-state index contributed by atoms with van der Waals surface area (Å²) in [5.74, 6) is 0.925. The molecule has 0 bridgehead atoms. The average Bonchev–Trinajstić information content (AvgIpc) is 3.17. The molecule has 30 heavy (non-hydrogen) atoms. The van der Waals surface area contributed by atoms with Crippen LogP contribution in [0.4, 0.5) is 5.69 Å². The molecular weight excluding hydrogens is 394 g/mol. The van der Waals surface area contributed by atoms with Crippen molar-refractivity contribution in [1.29, 1.82) is 0 Å². The first-order chi connectivity index (χ1) is 14.7. The number of hydrogen-bond donors (Lipinski definition) is 1. The van der Waals surface area contributed by atoms with Gasteiger partial charge in [0.25, 0.3) is 0 Å². The molecule has 2 heterocycles. The standard InChI is InChI=1S/C23H21N5OS/c1-17-7-5-6-10-20(17)25-21(29)16-30-23-27-26-22(19-11-13-24-14-12-19)28(23)15-18-8-3-2-4-9-18/h2-14H,15-16H2,1H3,(H,25,29). The lowest BCUT2D eigenvalue weighted by atomic mass is 10.2. The van der Waals surface area contributed by atoms with E-state index in [-0.39, 0.29) is 11.7 Å². The monoisotopic (exact) mass is 415 g/mol. The number of anilines is 1. The molecule has 0 atom stereocenters. The lowest BCUT2D eigenvalue weighted by molar-refractivity contribution is -0.113. The van der Waals surface area contributed by atoms with Crippen molar-refractivity contribution in [2.45, 2.75) is 18.6 Å². The quantitative estimate of drug-likeness (QED) is 0.452. The van der Waals surface area contributed by atoms with Gasteiger partial charge in [0.05, 0.1) is 12.3 Å². The van der Waals surface area contributed by atoms with Crippen molar-refractivity contribution >= 4 is 23.4 Å². The van der Waals surface area contributed by atoms with Gasteiger partial charge in [0, 0.05) is 23.6 Å². The van der Waals surface area contributed by atoms with Crippen molar-refractivity contribution in [2.75, 3.05) is 11.1 Å². The van der Waals surface area contributed by atoms with E-state index in [0.717, 1.165) is 28.2 Å². The molecule has 0 aliphatic heterocycles. The van der Waals surface area contributed by atoms with Crippen LogP contribution in [0.3, 0.4) is 0 Å². The van der Waals surface area contributed by atoms with Gasteiger partial charge in [0.2, 0.25) is 5.91 Å². The molecule has 0 radical (unpaired) electrons. The topological polar surface area (TPSA) is 72.7 Å². The van der Waals surface area contributed by atoms with Gasteiger partial charge in [-0.05, 0) is 36.2 Å². The van der Waals surface area contributed by atoms with Crippen LogP contribution in [0.15, 0.2) is 84.3 Å². The molecule has 7 heteroatoms. The average molecular weight is 416 g/mol. The molecule has 150 valence electrons. The minimum absolute atomic E-state index is 0.0750. The van der Waals surface area contributed by atoms with Crippen molar-refractivity contribution in [2.24, 2.45) is 0 Å². The van der Waals surface area contributed by atoms with Gasteiger partial charge in [-0.2, -0.15) is 0 Å². The van der Waals surface area contributed by atoms with Gasteiger partial charge in [-0.3, -0.25) is 14.3 Å². The van der Waals surface area contributed by atoms with E-state index in [9.17, 15) is 4.79 Å². The van der Waals surface area contributed by atoms with E-state index in [0.29, 0.717) is 11.7 Å². The van der Waals surface area contributed by atoms with Gasteiger partial charge in [-0.25, -0.2) is 0 Å². The number of pyridine rings is 1. The fourth-order valence-electron chi connectivity index (χ4n) is 3.05. The predicted octanol–water partition coefficient (Wildman–Crippen LogP) is 4.43. The summed E-state index contributed by atoms with van der Waals surface area (Å²) in [5.41, 5.74) is 3.93. The molecule has 4 aromatic rings. The fourth-order valence-corrected chi connectivity index (χ4v) is 3.79. The summed E-state index contributed by atoms with van der Waals surface area (Å²) >= 11 is 1.38. The molecule has 0 saturated heterocycles. The highest BCUT2D eigenvalue weighted by molar-refractivity contribution is 7.99. The largest absolute Gasteiger partial charge is 0.325 e. The van der Waals surface area contributed by atoms with Crippen LogP contribution < -0.4 is 5.32 Å². The number of para-hydroxylation sites is 1. The molecule has 6 nitrogen and oxygen atoms in total. The minimum Gasteiger partial charge on any atom is -0.325 e. The van der Waals surface area contributed by atoms with Gasteiger partial charge in [0.1, 0.15) is 0 Å². The second-order valence-corrected chi connectivity index (χ2v) is 7.71. The number of carbonyl (C=O) groups excluding carboxylic acids is 1. The van der Waals surface area contributed by atoms with E-state index in [2.05, 4.69) is 32.6 Å². The van der Waals surface area contributed by atoms with E-state index in [4.69, 9.17) is 0 Å². The third-order valence-corrected chi connectivity index (χ3v) is 5.56. The zero-order valence-electron chi connectivity index (χ0n) is 16.5. The number of carbonyl (C=O) groups is 1. The van der Waals surface area contributed by atoms with Crippen LogP contribution in [0.1, 0.15) is 11.1 Å². The fraction of sp³-hybridized carbons (Fsp3) is 0.130. The first kappa shape index (κ1) is 19.8. The van der Waals surface area contributed by atoms with Crippen LogP contribution in [0.5, 0.6) is 0 Å². The number of nitrogens with one attached hydrogen (secondary N) is 1. The maximum Gasteiger partial charge on any atom is 0.234 e. The molecule has 0 aliphatic carbocycles. The molecule has 0 fully saturated rings. The molecule has 1 N–H and O–H groups in total. The number of aromatic nitrogens is 4. The number of hydrogen-bond acceptors (Lipinski definition) is 5. The third-order valence-electron chi connectivity index (χ3n) is 4.59. The number of amides is 1. The van der Waals surface area contributed by atoms with E-state index in [1.807, 2.05) is 66.1 Å². The summed E-state index contributed by atoms with van der Waals surface area (Å²) in [6.07, 6.45) is 3.47. The Morgan fingerprint density at radius 3 is 2.47 bits per heavy atom. The Bertz CT molecular complexity index is 1130. The Kier molecular flexibility index (Phi) is 6.20. The molecule has 1 amide bonds. The number of nitrogens with zero attached hydrogens (tertiary/aromatic N) is 4. The van der Waals surface area contributed by atoms with Gasteiger partial charge in [-0.15, -0.1) is 10.2 Å². The minimum atomic E-state index is -0.0750. The smallest absolute Gasteiger partial charge is 0.234 e. The Morgan fingerprint density at radius 2 is 1.70 bits per heavy atom. The van der Waals surface area contributed by atoms with Crippen molar-refractivity contribution in [1.82, 2.24) is 19.7 Å².